The highest BCUT2D eigenvalue weighted by Crippen LogP contribution is 2.72. The van der Waals surface area contributed by atoms with Gasteiger partial charge in [0.25, 0.3) is 0 Å². The molecule has 0 rings (SSSR count). The van der Waals surface area contributed by atoms with E-state index in [4.69, 9.17) is 0 Å². The largest absolute Gasteiger partial charge is 0.130 e. The van der Waals surface area contributed by atoms with E-state index in [0.29, 0.717) is 23.7 Å². The van der Waals surface area contributed by atoms with Crippen LogP contribution >= 0.6 is 407 Å². The van der Waals surface area contributed by atoms with Crippen molar-refractivity contribution in [3.8, 4) is 0 Å². The summed E-state index contributed by atoms with van der Waals surface area (Å²) in [5.74, 6) is 1.99. The molecule has 170 valence electrons. The van der Waals surface area contributed by atoms with Crippen molar-refractivity contribution < 1.29 is 0 Å². The molecule has 0 aliphatic rings. The first-order valence-corrected chi connectivity index (χ1v) is 25.6. The van der Waals surface area contributed by atoms with E-state index in [1.165, 1.54) is 0 Å². The third kappa shape index (κ3) is 15.2. The van der Waals surface area contributed by atoms with Crippen LogP contribution in [0, 0.1) is 23.7 Å². The van der Waals surface area contributed by atoms with Crippen LogP contribution in [0.3, 0.4) is 0 Å². The summed E-state index contributed by atoms with van der Waals surface area (Å²) >= 11 is 48.4. The van der Waals surface area contributed by atoms with Gasteiger partial charge in [-0.3, -0.25) is 0 Å². The topological polar surface area (TPSA) is 0 Å². The fraction of sp³-hybridized carbons (Fsp3) is 1.00. The minimum absolute atomic E-state index is 0.104. The molecule has 0 amide bonds. The molecule has 0 aliphatic carbocycles. The standard InChI is InChI=1S/C10H4I18/c11-5(12,13)2(6(14,15)16)1(3(7(17,18)19)8(20,21)22)4(9(23,24)25)10(26,27)28/h1-4H. The molecule has 0 heterocycles. The van der Waals surface area contributed by atoms with E-state index in [9.17, 15) is 0 Å². The van der Waals surface area contributed by atoms with Crippen LogP contribution in [0.2, 0.25) is 0 Å². The first-order valence-electron chi connectivity index (χ1n) is 6.13. The molecule has 0 saturated heterocycles. The molecule has 0 aliphatic heterocycles. The molecule has 0 unspecified atom stereocenters. The molecule has 0 saturated carbocycles. The number of hydrogen-bond donors (Lipinski definition) is 0. The predicted octanol–water partition coefficient (Wildman–Crippen LogP) is 15.2. The quantitative estimate of drug-likeness (QED) is 0.159. The summed E-state index contributed by atoms with van der Waals surface area (Å²) in [7, 11) is 0. The first-order chi connectivity index (χ1) is 11.7. The van der Waals surface area contributed by atoms with E-state index < -0.39 is 0 Å². The summed E-state index contributed by atoms with van der Waals surface area (Å²) in [5, 5.41) is 0. The fourth-order valence-corrected chi connectivity index (χ4v) is 34.4. The van der Waals surface area contributed by atoms with Gasteiger partial charge in [-0.2, -0.15) is 0 Å². The Labute approximate surface area is 413 Å². The van der Waals surface area contributed by atoms with Gasteiger partial charge in [-0.05, 0) is 5.92 Å². The van der Waals surface area contributed by atoms with Crippen molar-refractivity contribution in [1.82, 2.24) is 0 Å². The van der Waals surface area contributed by atoms with Crippen molar-refractivity contribution in [3.05, 3.63) is 0 Å². The Bertz CT molecular complexity index is 387. The molecule has 0 radical (unpaired) electrons. The minimum Gasteiger partial charge on any atom is -0.0550 e. The predicted molar refractivity (Wildman–Crippen MR) is 283 cm³/mol. The lowest BCUT2D eigenvalue weighted by molar-refractivity contribution is 0.214. The molecule has 0 atom stereocenters. The van der Waals surface area contributed by atoms with Gasteiger partial charge in [-0.25, -0.2) is 0 Å². The van der Waals surface area contributed by atoms with Gasteiger partial charge >= 0.3 is 0 Å². The van der Waals surface area contributed by atoms with Crippen LogP contribution in [0.4, 0.5) is 0 Å². The number of halogens is 18. The molecule has 0 spiro atoms. The molecule has 0 fully saturated rings. The highest BCUT2D eigenvalue weighted by molar-refractivity contribution is 14.3. The normalized spacial score (nSPS) is 16.1. The van der Waals surface area contributed by atoms with Crippen LogP contribution in [-0.4, -0.2) is -3.39 Å². The van der Waals surface area contributed by atoms with Gasteiger partial charge in [-0.1, -0.05) is 407 Å². The van der Waals surface area contributed by atoms with Gasteiger partial charge in [0.15, 0.2) is 0 Å². The smallest absolute Gasteiger partial charge is 0.0550 e. The summed E-state index contributed by atoms with van der Waals surface area (Å²) < 4.78 is 0.623. The molecular weight excluding hydrogens is 2400 g/mol. The van der Waals surface area contributed by atoms with Crippen molar-refractivity contribution in [3.63, 3.8) is 0 Å². The van der Waals surface area contributed by atoms with Gasteiger partial charge in [0.05, 0.1) is 0 Å². The van der Waals surface area contributed by atoms with Crippen LogP contribution in [0.5, 0.6) is 0 Å². The highest BCUT2D eigenvalue weighted by Gasteiger charge is 2.64. The Morgan fingerprint density at radius 3 is 0.429 bits per heavy atom. The van der Waals surface area contributed by atoms with E-state index in [2.05, 4.69) is 407 Å². The van der Waals surface area contributed by atoms with Crippen LogP contribution in [-0.2, 0) is 0 Å². The third-order valence-corrected chi connectivity index (χ3v) is 15.3. The lowest BCUT2D eigenvalue weighted by Gasteiger charge is -2.53. The zero-order chi connectivity index (χ0) is 23.3. The van der Waals surface area contributed by atoms with Crippen LogP contribution < -0.4 is 0 Å². The zero-order valence-electron chi connectivity index (χ0n) is 12.1. The Balaban J connectivity index is 7.30. The molecule has 0 bridgehead atoms. The zero-order valence-corrected chi connectivity index (χ0v) is 50.9. The van der Waals surface area contributed by atoms with Crippen LogP contribution in [0.15, 0.2) is 0 Å². The van der Waals surface area contributed by atoms with E-state index in [0.717, 1.165) is 0 Å². The van der Waals surface area contributed by atoms with Gasteiger partial charge in [0.2, 0.25) is 0 Å². The Morgan fingerprint density at radius 2 is 0.357 bits per heavy atom. The van der Waals surface area contributed by atoms with Gasteiger partial charge in [-0.15, -0.1) is 0 Å². The summed E-state index contributed by atoms with van der Waals surface area (Å²) in [6.07, 6.45) is 0. The van der Waals surface area contributed by atoms with Crippen LogP contribution in [0.1, 0.15) is 0 Å². The average molecular weight is 2410 g/mol. The second kappa shape index (κ2) is 16.5. The van der Waals surface area contributed by atoms with Gasteiger partial charge in [0, 0.05) is 17.8 Å². The van der Waals surface area contributed by atoms with Crippen molar-refractivity contribution in [1.29, 1.82) is 0 Å². The Kier molecular flexibility index (Phi) is 24.2. The molecule has 0 aromatic heterocycles. The number of rotatable bonds is 9. The maximum absolute atomic E-state index is 2.69. The summed E-state index contributed by atoms with van der Waals surface area (Å²) in [6, 6.07) is 0. The molecule has 28 heavy (non-hydrogen) atoms. The Hall–Kier alpha value is 13.1. The average Bonchev–Trinajstić information content (AvgIpc) is 2.13. The summed E-state index contributed by atoms with van der Waals surface area (Å²) in [5.41, 5.74) is 0. The molecular formula is C10H4I18. The first kappa shape index (κ1) is 41.1. The van der Waals surface area contributed by atoms with Crippen molar-refractivity contribution in [2.45, 2.75) is -3.39 Å². The van der Waals surface area contributed by atoms with E-state index in [1.807, 2.05) is 0 Å². The molecule has 18 heteroatoms. The molecule has 0 N–H and O–H groups in total. The minimum atomic E-state index is 0.104. The summed E-state index contributed by atoms with van der Waals surface area (Å²) in [6.45, 7) is 0. The van der Waals surface area contributed by atoms with E-state index in [-0.39, 0.29) is -3.39 Å². The monoisotopic (exact) mass is 2410 g/mol. The van der Waals surface area contributed by atoms with Crippen molar-refractivity contribution in [2.24, 2.45) is 23.7 Å². The number of hydrogen-bond acceptors (Lipinski definition) is 0. The lowest BCUT2D eigenvalue weighted by atomic mass is 9.77. The van der Waals surface area contributed by atoms with Gasteiger partial charge in [0.1, 0.15) is -3.39 Å². The van der Waals surface area contributed by atoms with E-state index in [1.54, 1.807) is 0 Å². The van der Waals surface area contributed by atoms with E-state index >= 15 is 0 Å². The maximum Gasteiger partial charge on any atom is 0.130 e. The summed E-state index contributed by atoms with van der Waals surface area (Å²) in [4.78, 5) is 0. The highest BCUT2D eigenvalue weighted by atomic mass is 127. The third-order valence-electron chi connectivity index (χ3n) is 3.27. The second-order valence-electron chi connectivity index (χ2n) is 5.26. The van der Waals surface area contributed by atoms with Gasteiger partial charge < -0.3 is 0 Å². The lowest BCUT2D eigenvalue weighted by Crippen LogP contribution is -2.54. The second-order valence-corrected chi connectivity index (χ2v) is 73.0. The fourth-order valence-electron chi connectivity index (χ4n) is 2.44. The SMILES string of the molecule is IC(I)(I)C(C(C(C(I)(I)I)C(I)(I)I)C(C(I)(I)I)C(I)(I)I)C(I)(I)I. The molecule has 0 nitrogen and oxygen atoms in total. The van der Waals surface area contributed by atoms with Crippen molar-refractivity contribution in [2.75, 3.05) is 0 Å². The van der Waals surface area contributed by atoms with Crippen molar-refractivity contribution >= 4 is 407 Å². The van der Waals surface area contributed by atoms with Crippen LogP contribution in [0.25, 0.3) is 0 Å². The Morgan fingerprint density at radius 1 is 0.250 bits per heavy atom. The maximum atomic E-state index is 2.69. The number of alkyl halides is 18. The molecule has 0 aromatic rings. The molecule has 0 aromatic carbocycles.